The first-order valence-corrected chi connectivity index (χ1v) is 13.2. The fourth-order valence-corrected chi connectivity index (χ4v) is 5.65. The number of halogens is 1. The molecule has 2 aromatic carbocycles. The van der Waals surface area contributed by atoms with Gasteiger partial charge in [0.1, 0.15) is 15.9 Å². The highest BCUT2D eigenvalue weighted by atomic mass is 32.1. The summed E-state index contributed by atoms with van der Waals surface area (Å²) in [6, 6.07) is 22.9. The Morgan fingerprint density at radius 3 is 2.61 bits per heavy atom. The van der Waals surface area contributed by atoms with E-state index in [0.717, 1.165) is 41.7 Å². The van der Waals surface area contributed by atoms with E-state index >= 15 is 0 Å². The van der Waals surface area contributed by atoms with Crippen molar-refractivity contribution in [2.45, 2.75) is 37.9 Å². The molecule has 3 N–H and O–H groups in total. The van der Waals surface area contributed by atoms with Crippen molar-refractivity contribution in [3.8, 4) is 11.3 Å². The third-order valence-electron chi connectivity index (χ3n) is 7.30. The summed E-state index contributed by atoms with van der Waals surface area (Å²) < 4.78 is 18.1. The molecule has 0 radical (unpaired) electrons. The number of benzene rings is 2. The summed E-state index contributed by atoms with van der Waals surface area (Å²) in [4.78, 5) is 8.88. The van der Waals surface area contributed by atoms with Gasteiger partial charge in [0.2, 0.25) is 11.6 Å². The van der Waals surface area contributed by atoms with Gasteiger partial charge >= 0.3 is 0 Å². The second-order valence-electron chi connectivity index (χ2n) is 9.71. The number of para-hydroxylation sites is 1. The molecule has 0 bridgehead atoms. The summed E-state index contributed by atoms with van der Waals surface area (Å²) in [6.45, 7) is 0.502. The molecule has 7 nitrogen and oxygen atoms in total. The summed E-state index contributed by atoms with van der Waals surface area (Å²) >= 11 is 5.89. The van der Waals surface area contributed by atoms with Crippen molar-refractivity contribution in [3.05, 3.63) is 105 Å². The van der Waals surface area contributed by atoms with E-state index in [0.29, 0.717) is 33.4 Å². The predicted octanol–water partition coefficient (Wildman–Crippen LogP) is 3.93. The van der Waals surface area contributed by atoms with Gasteiger partial charge in [0.15, 0.2) is 0 Å². The summed E-state index contributed by atoms with van der Waals surface area (Å²) in [5, 5.41) is 16.9. The number of anilines is 1. The minimum Gasteiger partial charge on any atom is -0.367 e. The van der Waals surface area contributed by atoms with Crippen molar-refractivity contribution in [1.29, 1.82) is 5.41 Å². The lowest BCUT2D eigenvalue weighted by Gasteiger charge is -2.18. The molecule has 3 heterocycles. The van der Waals surface area contributed by atoms with E-state index in [1.165, 1.54) is 6.07 Å². The average molecular weight is 526 g/mol. The molecule has 6 rings (SSSR count). The van der Waals surface area contributed by atoms with Crippen LogP contribution in [0.5, 0.6) is 0 Å². The fourth-order valence-electron chi connectivity index (χ4n) is 5.36. The first-order chi connectivity index (χ1) is 18.5. The van der Waals surface area contributed by atoms with Crippen molar-refractivity contribution in [3.63, 3.8) is 0 Å². The summed E-state index contributed by atoms with van der Waals surface area (Å²) in [7, 11) is 1.93. The van der Waals surface area contributed by atoms with E-state index in [-0.39, 0.29) is 12.1 Å². The van der Waals surface area contributed by atoms with Crippen molar-refractivity contribution >= 4 is 23.7 Å². The summed E-state index contributed by atoms with van der Waals surface area (Å²) in [6.07, 6.45) is 3.19. The van der Waals surface area contributed by atoms with Crippen LogP contribution in [0.1, 0.15) is 30.9 Å². The molecule has 0 spiro atoms. The number of rotatable bonds is 6. The van der Waals surface area contributed by atoms with Crippen LogP contribution in [0.4, 0.5) is 10.1 Å². The SMILES string of the molecule is Cn1c(=S)/c(=C(/NCc2ccc(-c3cccc(F)n3)cc2)Nc2ccccc2)c(=N)n2c1=NC1CCCC12. The van der Waals surface area contributed by atoms with Crippen LogP contribution in [0, 0.1) is 16.0 Å². The highest BCUT2D eigenvalue weighted by Gasteiger charge is 2.34. The van der Waals surface area contributed by atoms with Crippen LogP contribution in [-0.2, 0) is 13.6 Å². The fraction of sp³-hybridized carbons (Fsp3) is 0.241. The Kier molecular flexibility index (Phi) is 6.37. The second-order valence-corrected chi connectivity index (χ2v) is 10.1. The predicted molar refractivity (Wildman–Crippen MR) is 147 cm³/mol. The molecule has 1 saturated carbocycles. The maximum atomic E-state index is 13.6. The molecular formula is C29H28FN7S. The van der Waals surface area contributed by atoms with Gasteiger partial charge in [-0.25, -0.2) is 9.98 Å². The maximum absolute atomic E-state index is 13.6. The van der Waals surface area contributed by atoms with Crippen LogP contribution in [0.25, 0.3) is 17.1 Å². The molecule has 0 saturated heterocycles. The minimum atomic E-state index is -0.498. The Balaban J connectivity index is 1.40. The Morgan fingerprint density at radius 1 is 1.05 bits per heavy atom. The topological polar surface area (TPSA) is 83.0 Å². The zero-order valence-electron chi connectivity index (χ0n) is 21.0. The van der Waals surface area contributed by atoms with Gasteiger partial charge in [-0.3, -0.25) is 9.98 Å². The highest BCUT2D eigenvalue weighted by Crippen LogP contribution is 2.32. The first-order valence-electron chi connectivity index (χ1n) is 12.8. The van der Waals surface area contributed by atoms with Gasteiger partial charge in [0, 0.05) is 24.8 Å². The average Bonchev–Trinajstić information content (AvgIpc) is 3.53. The largest absolute Gasteiger partial charge is 0.367 e. The lowest BCUT2D eigenvalue weighted by molar-refractivity contribution is 0.467. The van der Waals surface area contributed by atoms with Gasteiger partial charge in [-0.1, -0.05) is 60.7 Å². The third-order valence-corrected chi connectivity index (χ3v) is 7.77. The molecule has 4 aromatic rings. The number of aromatic nitrogens is 3. The van der Waals surface area contributed by atoms with Gasteiger partial charge in [0.05, 0.1) is 23.0 Å². The number of nitrogens with zero attached hydrogens (tertiary/aromatic N) is 4. The summed E-state index contributed by atoms with van der Waals surface area (Å²) in [5.74, 6) is 0.178. The molecule has 2 aromatic heterocycles. The van der Waals surface area contributed by atoms with Gasteiger partial charge in [-0.05, 0) is 49.1 Å². The normalized spacial score (nSPS) is 18.4. The number of hydrogen-bond donors (Lipinski definition) is 3. The third kappa shape index (κ3) is 4.43. The molecule has 1 aliphatic heterocycles. The highest BCUT2D eigenvalue weighted by molar-refractivity contribution is 7.71. The smallest absolute Gasteiger partial charge is 0.213 e. The van der Waals surface area contributed by atoms with Crippen LogP contribution < -0.4 is 27.0 Å². The molecule has 1 aliphatic carbocycles. The minimum absolute atomic E-state index is 0.208. The van der Waals surface area contributed by atoms with Gasteiger partial charge in [-0.2, -0.15) is 4.39 Å². The van der Waals surface area contributed by atoms with Crippen LogP contribution in [0.15, 0.2) is 77.8 Å². The molecule has 2 atom stereocenters. The lowest BCUT2D eigenvalue weighted by atomic mass is 10.1. The van der Waals surface area contributed by atoms with Gasteiger partial charge < -0.3 is 15.2 Å². The number of hydrogen-bond acceptors (Lipinski definition) is 6. The Morgan fingerprint density at radius 2 is 1.84 bits per heavy atom. The van der Waals surface area contributed by atoms with Crippen molar-refractivity contribution in [2.24, 2.45) is 12.0 Å². The van der Waals surface area contributed by atoms with E-state index in [1.54, 1.807) is 12.1 Å². The maximum Gasteiger partial charge on any atom is 0.213 e. The number of pyridine rings is 1. The lowest BCUT2D eigenvalue weighted by Crippen LogP contribution is -2.50. The zero-order chi connectivity index (χ0) is 26.2. The number of nitrogens with one attached hydrogen (secondary N) is 3. The Labute approximate surface area is 224 Å². The van der Waals surface area contributed by atoms with E-state index in [1.807, 2.05) is 66.2 Å². The van der Waals surface area contributed by atoms with Crippen molar-refractivity contribution in [1.82, 2.24) is 19.4 Å². The van der Waals surface area contributed by atoms with E-state index in [2.05, 4.69) is 20.2 Å². The number of fused-ring (bicyclic) bond motifs is 3. The van der Waals surface area contributed by atoms with Gasteiger partial charge in [0.25, 0.3) is 0 Å². The molecule has 2 unspecified atom stereocenters. The van der Waals surface area contributed by atoms with Crippen LogP contribution in [0.3, 0.4) is 0 Å². The first kappa shape index (κ1) is 24.2. The Bertz CT molecular complexity index is 1740. The molecule has 1 fully saturated rings. The molecule has 2 aliphatic rings. The van der Waals surface area contributed by atoms with Crippen molar-refractivity contribution < 1.29 is 4.39 Å². The molecule has 38 heavy (non-hydrogen) atoms. The van der Waals surface area contributed by atoms with Crippen LogP contribution in [0.2, 0.25) is 0 Å². The summed E-state index contributed by atoms with van der Waals surface area (Å²) in [5.41, 5.74) is 4.51. The van der Waals surface area contributed by atoms with E-state index in [4.69, 9.17) is 17.2 Å². The van der Waals surface area contributed by atoms with Crippen molar-refractivity contribution in [2.75, 3.05) is 5.32 Å². The molecular weight excluding hydrogens is 497 g/mol. The second kappa shape index (κ2) is 9.98. The quantitative estimate of drug-likeness (QED) is 0.263. The van der Waals surface area contributed by atoms with E-state index in [9.17, 15) is 9.80 Å². The molecule has 0 amide bonds. The van der Waals surface area contributed by atoms with Crippen LogP contribution in [-0.4, -0.2) is 20.2 Å². The molecule has 9 heteroatoms. The monoisotopic (exact) mass is 525 g/mol. The standard InChI is InChI=1S/C29H28FN7S/c1-36-28(38)25(26(31)37-23-11-5-10-22(23)35-29(36)37)27(33-20-7-3-2-4-8-20)32-17-18-13-15-19(16-14-18)21-9-6-12-24(30)34-21/h2-4,6-9,12-16,22-23,31-33H,5,10-11,17H2,1H3/b27-25-,31-26?. The zero-order valence-corrected chi connectivity index (χ0v) is 21.8. The van der Waals surface area contributed by atoms with E-state index < -0.39 is 5.95 Å². The Hall–Kier alpha value is -4.11. The van der Waals surface area contributed by atoms with Gasteiger partial charge in [-0.15, -0.1) is 0 Å². The molecule has 192 valence electrons. The van der Waals surface area contributed by atoms with Crippen LogP contribution >= 0.6 is 12.2 Å².